The van der Waals surface area contributed by atoms with Crippen LogP contribution < -0.4 is 5.32 Å². The lowest BCUT2D eigenvalue weighted by Crippen LogP contribution is -2.54. The van der Waals surface area contributed by atoms with Gasteiger partial charge in [-0.15, -0.1) is 0 Å². The maximum atomic E-state index is 11.8. The number of thioether (sulfide) groups is 1. The SMILES string of the molecule is CN1C(=O)CCC(NC2CCSCC2)C1=O. The molecule has 2 aliphatic heterocycles. The van der Waals surface area contributed by atoms with Crippen LogP contribution in [0.1, 0.15) is 25.7 Å². The van der Waals surface area contributed by atoms with Gasteiger partial charge in [-0.2, -0.15) is 11.8 Å². The van der Waals surface area contributed by atoms with E-state index in [0.29, 0.717) is 18.9 Å². The van der Waals surface area contributed by atoms with E-state index >= 15 is 0 Å². The maximum absolute atomic E-state index is 11.8. The molecule has 1 atom stereocenters. The summed E-state index contributed by atoms with van der Waals surface area (Å²) in [7, 11) is 1.58. The average Bonchev–Trinajstić information content (AvgIpc) is 2.31. The van der Waals surface area contributed by atoms with Crippen molar-refractivity contribution in [2.75, 3.05) is 18.6 Å². The lowest BCUT2D eigenvalue weighted by Gasteiger charge is -2.32. The second-order valence-corrected chi connectivity index (χ2v) is 5.66. The van der Waals surface area contributed by atoms with Crippen molar-refractivity contribution in [3.8, 4) is 0 Å². The third-order valence-electron chi connectivity index (χ3n) is 3.31. The number of carbonyl (C=O) groups is 2. The highest BCUT2D eigenvalue weighted by Gasteiger charge is 2.33. The molecular formula is C11H18N2O2S. The predicted molar refractivity (Wildman–Crippen MR) is 64.3 cm³/mol. The van der Waals surface area contributed by atoms with Gasteiger partial charge in [0.25, 0.3) is 0 Å². The van der Waals surface area contributed by atoms with Crippen LogP contribution in [0.4, 0.5) is 0 Å². The molecule has 1 N–H and O–H groups in total. The lowest BCUT2D eigenvalue weighted by molar-refractivity contribution is -0.148. The number of likely N-dealkylation sites (tertiary alicyclic amines) is 1. The highest BCUT2D eigenvalue weighted by atomic mass is 32.2. The summed E-state index contributed by atoms with van der Waals surface area (Å²) in [5, 5.41) is 3.40. The van der Waals surface area contributed by atoms with E-state index in [1.54, 1.807) is 7.05 Å². The van der Waals surface area contributed by atoms with Crippen LogP contribution in [0.2, 0.25) is 0 Å². The van der Waals surface area contributed by atoms with Gasteiger partial charge in [-0.25, -0.2) is 0 Å². The van der Waals surface area contributed by atoms with Crippen LogP contribution >= 0.6 is 11.8 Å². The van der Waals surface area contributed by atoms with Crippen molar-refractivity contribution in [3.05, 3.63) is 0 Å². The molecule has 0 aliphatic carbocycles. The second-order valence-electron chi connectivity index (χ2n) is 4.44. The molecule has 2 aliphatic rings. The number of hydrogen-bond donors (Lipinski definition) is 1. The summed E-state index contributed by atoms with van der Waals surface area (Å²) in [5.74, 6) is 2.23. The molecule has 0 radical (unpaired) electrons. The third-order valence-corrected chi connectivity index (χ3v) is 4.36. The van der Waals surface area contributed by atoms with Crippen molar-refractivity contribution in [2.45, 2.75) is 37.8 Å². The monoisotopic (exact) mass is 242 g/mol. The largest absolute Gasteiger partial charge is 0.303 e. The highest BCUT2D eigenvalue weighted by Crippen LogP contribution is 2.19. The summed E-state index contributed by atoms with van der Waals surface area (Å²) in [4.78, 5) is 24.4. The number of piperidine rings is 1. The molecule has 0 bridgehead atoms. The molecule has 2 fully saturated rings. The number of nitrogens with zero attached hydrogens (tertiary/aromatic N) is 1. The molecule has 1 unspecified atom stereocenters. The van der Waals surface area contributed by atoms with Crippen molar-refractivity contribution >= 4 is 23.6 Å². The Hall–Kier alpha value is -0.550. The van der Waals surface area contributed by atoms with Crippen molar-refractivity contribution in [1.82, 2.24) is 10.2 Å². The molecule has 0 spiro atoms. The van der Waals surface area contributed by atoms with Crippen LogP contribution in [0.25, 0.3) is 0 Å². The lowest BCUT2D eigenvalue weighted by atomic mass is 10.0. The van der Waals surface area contributed by atoms with E-state index in [1.165, 1.54) is 16.4 Å². The molecule has 0 saturated carbocycles. The Labute approximate surface area is 100 Å². The van der Waals surface area contributed by atoms with Gasteiger partial charge in [0.15, 0.2) is 0 Å². The Morgan fingerprint density at radius 3 is 2.62 bits per heavy atom. The third kappa shape index (κ3) is 2.58. The number of carbonyl (C=O) groups excluding carboxylic acids is 2. The van der Waals surface area contributed by atoms with E-state index in [1.807, 2.05) is 11.8 Å². The Morgan fingerprint density at radius 2 is 1.94 bits per heavy atom. The molecule has 2 heterocycles. The van der Waals surface area contributed by atoms with Crippen LogP contribution in [0, 0.1) is 0 Å². The van der Waals surface area contributed by atoms with E-state index in [4.69, 9.17) is 0 Å². The fraction of sp³-hybridized carbons (Fsp3) is 0.818. The molecule has 16 heavy (non-hydrogen) atoms. The van der Waals surface area contributed by atoms with Gasteiger partial charge in [0.2, 0.25) is 11.8 Å². The predicted octanol–water partition coefficient (Wildman–Crippen LogP) is 0.619. The van der Waals surface area contributed by atoms with Gasteiger partial charge in [-0.1, -0.05) is 0 Å². The summed E-state index contributed by atoms with van der Waals surface area (Å²) in [5.41, 5.74) is 0. The van der Waals surface area contributed by atoms with Crippen molar-refractivity contribution in [1.29, 1.82) is 0 Å². The smallest absolute Gasteiger partial charge is 0.246 e. The summed E-state index contributed by atoms with van der Waals surface area (Å²) in [6.07, 6.45) is 3.41. The zero-order chi connectivity index (χ0) is 11.5. The van der Waals surface area contributed by atoms with Gasteiger partial charge in [0, 0.05) is 19.5 Å². The topological polar surface area (TPSA) is 49.4 Å². The standard InChI is InChI=1S/C11H18N2O2S/c1-13-10(14)3-2-9(11(13)15)12-8-4-6-16-7-5-8/h8-9,12H,2-7H2,1H3. The van der Waals surface area contributed by atoms with Crippen LogP contribution in [0.5, 0.6) is 0 Å². The molecule has 0 aromatic rings. The van der Waals surface area contributed by atoms with Gasteiger partial charge in [-0.05, 0) is 30.8 Å². The number of nitrogens with one attached hydrogen (secondary N) is 1. The molecule has 0 aromatic heterocycles. The number of rotatable bonds is 2. The normalized spacial score (nSPS) is 28.6. The second kappa shape index (κ2) is 5.19. The van der Waals surface area contributed by atoms with Crippen molar-refractivity contribution in [3.63, 3.8) is 0 Å². The first-order valence-electron chi connectivity index (χ1n) is 5.82. The van der Waals surface area contributed by atoms with Crippen molar-refractivity contribution in [2.24, 2.45) is 0 Å². The molecule has 90 valence electrons. The molecule has 2 rings (SSSR count). The number of hydrogen-bond acceptors (Lipinski definition) is 4. The molecule has 4 nitrogen and oxygen atoms in total. The van der Waals surface area contributed by atoms with Gasteiger partial charge in [0.05, 0.1) is 6.04 Å². The minimum atomic E-state index is -0.143. The Kier molecular flexibility index (Phi) is 3.86. The van der Waals surface area contributed by atoms with Crippen LogP contribution in [-0.2, 0) is 9.59 Å². The molecule has 0 aromatic carbocycles. The van der Waals surface area contributed by atoms with E-state index in [-0.39, 0.29) is 17.9 Å². The first-order chi connectivity index (χ1) is 7.68. The van der Waals surface area contributed by atoms with Crippen LogP contribution in [0.3, 0.4) is 0 Å². The van der Waals surface area contributed by atoms with Gasteiger partial charge < -0.3 is 5.32 Å². The molecule has 2 saturated heterocycles. The fourth-order valence-corrected chi connectivity index (χ4v) is 3.33. The fourth-order valence-electron chi connectivity index (χ4n) is 2.22. The molecular weight excluding hydrogens is 224 g/mol. The average molecular weight is 242 g/mol. The highest BCUT2D eigenvalue weighted by molar-refractivity contribution is 7.99. The Morgan fingerprint density at radius 1 is 1.25 bits per heavy atom. The molecule has 2 amide bonds. The van der Waals surface area contributed by atoms with Crippen molar-refractivity contribution < 1.29 is 9.59 Å². The summed E-state index contributed by atoms with van der Waals surface area (Å²) in [6.45, 7) is 0. The van der Waals surface area contributed by atoms with Crippen LogP contribution in [-0.4, -0.2) is 47.4 Å². The maximum Gasteiger partial charge on any atom is 0.246 e. The van der Waals surface area contributed by atoms with Crippen LogP contribution in [0.15, 0.2) is 0 Å². The molecule has 5 heteroatoms. The van der Waals surface area contributed by atoms with Gasteiger partial charge in [0.1, 0.15) is 0 Å². The number of imide groups is 1. The van der Waals surface area contributed by atoms with Gasteiger partial charge >= 0.3 is 0 Å². The summed E-state index contributed by atoms with van der Waals surface area (Å²) in [6, 6.07) is 0.313. The zero-order valence-corrected chi connectivity index (χ0v) is 10.4. The summed E-state index contributed by atoms with van der Waals surface area (Å²) >= 11 is 1.97. The first kappa shape index (κ1) is 11.9. The number of likely N-dealkylation sites (N-methyl/N-ethyl adjacent to an activating group) is 1. The van der Waals surface area contributed by atoms with E-state index in [9.17, 15) is 9.59 Å². The first-order valence-corrected chi connectivity index (χ1v) is 6.98. The Balaban J connectivity index is 1.89. The van der Waals surface area contributed by atoms with Gasteiger partial charge in [-0.3, -0.25) is 14.5 Å². The zero-order valence-electron chi connectivity index (χ0n) is 9.57. The van der Waals surface area contributed by atoms with E-state index in [0.717, 1.165) is 12.8 Å². The quantitative estimate of drug-likeness (QED) is 0.721. The summed E-state index contributed by atoms with van der Waals surface area (Å²) < 4.78 is 0. The minimum absolute atomic E-state index is 0.0535. The van der Waals surface area contributed by atoms with E-state index < -0.39 is 0 Å². The minimum Gasteiger partial charge on any atom is -0.303 e. The number of amides is 2. The van der Waals surface area contributed by atoms with E-state index in [2.05, 4.69) is 5.32 Å². The Bertz CT molecular complexity index is 290.